The quantitative estimate of drug-likeness (QED) is 0.305. The number of carbonyl (C=O) groups excluding carboxylic acids is 1. The Morgan fingerprint density at radius 3 is 1.90 bits per heavy atom. The molecule has 0 bridgehead atoms. The van der Waals surface area contributed by atoms with Gasteiger partial charge in [-0.3, -0.25) is 9.35 Å². The molecule has 0 saturated heterocycles. The molecule has 1 amide bonds. The van der Waals surface area contributed by atoms with E-state index in [0.29, 0.717) is 6.42 Å². The normalized spacial score (nSPS) is 11.0. The maximum atomic E-state index is 11.3. The van der Waals surface area contributed by atoms with E-state index < -0.39 is 15.9 Å². The summed E-state index contributed by atoms with van der Waals surface area (Å²) in [6.45, 7) is 2.19. The Hall–Kier alpha value is 0.640. The molecule has 0 aromatic carbocycles. The van der Waals surface area contributed by atoms with E-state index in [1.165, 1.54) is 38.5 Å². The molecule has 0 fully saturated rings. The molecule has 0 rings (SSSR count). The van der Waals surface area contributed by atoms with Crippen molar-refractivity contribution in [2.75, 3.05) is 12.3 Å². The van der Waals surface area contributed by atoms with Crippen molar-refractivity contribution >= 4 is 53.8 Å². The van der Waals surface area contributed by atoms with Crippen LogP contribution in [0.15, 0.2) is 0 Å². The predicted octanol–water partition coefficient (Wildman–Crippen LogP) is 2.53. The van der Waals surface area contributed by atoms with E-state index in [9.17, 15) is 13.2 Å². The Labute approximate surface area is 159 Å². The summed E-state index contributed by atoms with van der Waals surface area (Å²) in [5.41, 5.74) is 0. The molecule has 7 heteroatoms. The van der Waals surface area contributed by atoms with Gasteiger partial charge in [-0.2, -0.15) is 8.42 Å². The van der Waals surface area contributed by atoms with Crippen molar-refractivity contribution in [3.63, 3.8) is 0 Å². The van der Waals surface area contributed by atoms with Gasteiger partial charge in [0, 0.05) is 13.0 Å². The molecular formula is C14H29CaNO4S+2. The SMILES string of the molecule is CCCCCCCCCCCC(=O)NCCS(=O)(=O)O.[Ca+2]. The molecule has 0 aromatic heterocycles. The fourth-order valence-corrected chi connectivity index (χ4v) is 2.36. The van der Waals surface area contributed by atoms with Crippen LogP contribution in [-0.4, -0.2) is 68.9 Å². The molecule has 0 radical (unpaired) electrons. The van der Waals surface area contributed by atoms with E-state index in [4.69, 9.17) is 4.55 Å². The molecule has 0 aliphatic rings. The Balaban J connectivity index is 0. The van der Waals surface area contributed by atoms with Gasteiger partial charge in [-0.05, 0) is 6.42 Å². The Morgan fingerprint density at radius 1 is 0.952 bits per heavy atom. The first-order chi connectivity index (χ1) is 9.45. The Kier molecular flexibility index (Phi) is 17.7. The van der Waals surface area contributed by atoms with E-state index in [1.807, 2.05) is 0 Å². The molecule has 0 spiro atoms. The van der Waals surface area contributed by atoms with Crippen LogP contribution in [0.4, 0.5) is 0 Å². The summed E-state index contributed by atoms with van der Waals surface area (Å²) in [7, 11) is -3.98. The van der Waals surface area contributed by atoms with Crippen LogP contribution in [-0.2, 0) is 14.9 Å². The van der Waals surface area contributed by atoms with E-state index in [0.717, 1.165) is 19.3 Å². The zero-order valence-electron chi connectivity index (χ0n) is 13.3. The number of carbonyl (C=O) groups is 1. The molecule has 0 atom stereocenters. The van der Waals surface area contributed by atoms with Gasteiger partial charge < -0.3 is 5.32 Å². The summed E-state index contributed by atoms with van der Waals surface area (Å²) >= 11 is 0. The minimum Gasteiger partial charge on any atom is -0.355 e. The largest absolute Gasteiger partial charge is 2.00 e. The number of hydrogen-bond donors (Lipinski definition) is 2. The molecule has 0 heterocycles. The van der Waals surface area contributed by atoms with Gasteiger partial charge in [0.05, 0.1) is 5.75 Å². The number of unbranched alkanes of at least 4 members (excludes halogenated alkanes) is 8. The average molecular weight is 348 g/mol. The van der Waals surface area contributed by atoms with Crippen LogP contribution >= 0.6 is 0 Å². The molecule has 120 valence electrons. The summed E-state index contributed by atoms with van der Waals surface area (Å²) in [5.74, 6) is -0.562. The van der Waals surface area contributed by atoms with Crippen LogP contribution < -0.4 is 5.32 Å². The minimum atomic E-state index is -3.98. The van der Waals surface area contributed by atoms with Crippen molar-refractivity contribution < 1.29 is 17.8 Å². The van der Waals surface area contributed by atoms with Crippen molar-refractivity contribution in [2.24, 2.45) is 0 Å². The molecular weight excluding hydrogens is 318 g/mol. The molecule has 0 unspecified atom stereocenters. The minimum absolute atomic E-state index is 0. The van der Waals surface area contributed by atoms with Crippen LogP contribution in [0, 0.1) is 0 Å². The maximum Gasteiger partial charge on any atom is 2.00 e. The first-order valence-electron chi connectivity index (χ1n) is 7.67. The second-order valence-corrected chi connectivity index (χ2v) is 6.79. The standard InChI is InChI=1S/C14H29NO4S.Ca/c1-2-3-4-5-6-7-8-9-10-11-14(16)15-12-13-20(17,18)19;/h2-13H2,1H3,(H,15,16)(H,17,18,19);/q;+2. The first-order valence-corrected chi connectivity index (χ1v) is 9.28. The Morgan fingerprint density at radius 2 is 1.43 bits per heavy atom. The van der Waals surface area contributed by atoms with Gasteiger partial charge in [0.1, 0.15) is 0 Å². The van der Waals surface area contributed by atoms with Gasteiger partial charge >= 0.3 is 37.7 Å². The molecule has 0 saturated carbocycles. The fraction of sp³-hybridized carbons (Fsp3) is 0.929. The third-order valence-electron chi connectivity index (χ3n) is 3.19. The monoisotopic (exact) mass is 347 g/mol. The van der Waals surface area contributed by atoms with E-state index in [-0.39, 0.29) is 50.2 Å². The summed E-state index contributed by atoms with van der Waals surface area (Å²) in [5, 5.41) is 2.49. The third kappa shape index (κ3) is 20.6. The van der Waals surface area contributed by atoms with Gasteiger partial charge in [0.25, 0.3) is 10.1 Å². The van der Waals surface area contributed by atoms with E-state index in [1.54, 1.807) is 0 Å². The molecule has 2 N–H and O–H groups in total. The van der Waals surface area contributed by atoms with E-state index >= 15 is 0 Å². The molecule has 0 aromatic rings. The van der Waals surface area contributed by atoms with Crippen molar-refractivity contribution in [1.29, 1.82) is 0 Å². The molecule has 0 aliphatic heterocycles. The van der Waals surface area contributed by atoms with Gasteiger partial charge in [-0.15, -0.1) is 0 Å². The fourth-order valence-electron chi connectivity index (χ4n) is 2.00. The topological polar surface area (TPSA) is 83.5 Å². The van der Waals surface area contributed by atoms with Crippen molar-refractivity contribution in [2.45, 2.75) is 71.1 Å². The van der Waals surface area contributed by atoms with Gasteiger partial charge in [-0.25, -0.2) is 0 Å². The van der Waals surface area contributed by atoms with Crippen molar-refractivity contribution in [1.82, 2.24) is 5.32 Å². The average Bonchev–Trinajstić information content (AvgIpc) is 2.35. The van der Waals surface area contributed by atoms with Crippen molar-refractivity contribution in [3.8, 4) is 0 Å². The third-order valence-corrected chi connectivity index (χ3v) is 3.91. The number of hydrogen-bond acceptors (Lipinski definition) is 3. The zero-order chi connectivity index (χ0) is 15.3. The summed E-state index contributed by atoms with van der Waals surface area (Å²) in [6, 6.07) is 0. The number of amides is 1. The van der Waals surface area contributed by atoms with Gasteiger partial charge in [0.2, 0.25) is 5.91 Å². The first kappa shape index (κ1) is 23.9. The van der Waals surface area contributed by atoms with Crippen molar-refractivity contribution in [3.05, 3.63) is 0 Å². The van der Waals surface area contributed by atoms with Crippen LogP contribution in [0.2, 0.25) is 0 Å². The maximum absolute atomic E-state index is 11.3. The summed E-state index contributed by atoms with van der Waals surface area (Å²) < 4.78 is 29.4. The predicted molar refractivity (Wildman–Crippen MR) is 87.0 cm³/mol. The number of rotatable bonds is 13. The van der Waals surface area contributed by atoms with Gasteiger partial charge in [-0.1, -0.05) is 58.3 Å². The summed E-state index contributed by atoms with van der Waals surface area (Å²) in [6.07, 6.45) is 11.2. The van der Waals surface area contributed by atoms with E-state index in [2.05, 4.69) is 12.2 Å². The zero-order valence-corrected chi connectivity index (χ0v) is 16.3. The number of nitrogens with one attached hydrogen (secondary N) is 1. The Bertz CT molecular complexity index is 347. The molecule has 5 nitrogen and oxygen atoms in total. The van der Waals surface area contributed by atoms with Crippen LogP contribution in [0.3, 0.4) is 0 Å². The van der Waals surface area contributed by atoms with Gasteiger partial charge in [0.15, 0.2) is 0 Å². The molecule has 21 heavy (non-hydrogen) atoms. The van der Waals surface area contributed by atoms with Crippen LogP contribution in [0.25, 0.3) is 0 Å². The van der Waals surface area contributed by atoms with Crippen LogP contribution in [0.1, 0.15) is 71.1 Å². The van der Waals surface area contributed by atoms with Crippen LogP contribution in [0.5, 0.6) is 0 Å². The second-order valence-electron chi connectivity index (χ2n) is 5.21. The molecule has 0 aliphatic carbocycles. The second kappa shape index (κ2) is 15.5. The smallest absolute Gasteiger partial charge is 0.355 e. The summed E-state index contributed by atoms with van der Waals surface area (Å²) in [4.78, 5) is 11.3.